The van der Waals surface area contributed by atoms with Gasteiger partial charge in [-0.2, -0.15) is 5.01 Å². The molecule has 198 valence electrons. The molecule has 2 fully saturated rings. The number of ketones is 1. The molecule has 1 saturated heterocycles. The van der Waals surface area contributed by atoms with Crippen molar-refractivity contribution in [2.24, 2.45) is 11.8 Å². The Morgan fingerprint density at radius 3 is 1.79 bits per heavy atom. The lowest BCUT2D eigenvalue weighted by Crippen LogP contribution is -2.59. The van der Waals surface area contributed by atoms with E-state index in [0.717, 1.165) is 5.01 Å². The van der Waals surface area contributed by atoms with Gasteiger partial charge in [0.25, 0.3) is 17.7 Å². The first-order valence-corrected chi connectivity index (χ1v) is 13.8. The molecule has 5 atom stereocenters. The first-order chi connectivity index (χ1) is 17.7. The van der Waals surface area contributed by atoms with E-state index < -0.39 is 55.5 Å². The van der Waals surface area contributed by atoms with Crippen LogP contribution >= 0.6 is 81.2 Å². The molecule has 2 aromatic rings. The molecule has 3 amide bonds. The smallest absolute Gasteiger partial charge is 0.275 e. The van der Waals surface area contributed by atoms with Crippen molar-refractivity contribution in [3.05, 3.63) is 80.8 Å². The van der Waals surface area contributed by atoms with Crippen molar-refractivity contribution < 1.29 is 19.2 Å². The number of hydrazine groups is 1. The minimum Gasteiger partial charge on any atom is -0.292 e. The van der Waals surface area contributed by atoms with Gasteiger partial charge in [0.15, 0.2) is 10.1 Å². The molecule has 38 heavy (non-hydrogen) atoms. The number of carbonyl (C=O) groups excluding carboxylic acids is 4. The van der Waals surface area contributed by atoms with E-state index >= 15 is 0 Å². The summed E-state index contributed by atoms with van der Waals surface area (Å²) >= 11 is 45.7. The normalized spacial score (nSPS) is 30.1. The van der Waals surface area contributed by atoms with Gasteiger partial charge in [-0.1, -0.05) is 100 Å². The summed E-state index contributed by atoms with van der Waals surface area (Å²) in [7, 11) is 0. The second kappa shape index (κ2) is 9.27. The summed E-state index contributed by atoms with van der Waals surface area (Å²) in [4.78, 5) is 51.2. The molecule has 0 radical (unpaired) electrons. The van der Waals surface area contributed by atoms with Crippen LogP contribution in [0.5, 0.6) is 0 Å². The lowest BCUT2D eigenvalue weighted by atomic mass is 9.84. The van der Waals surface area contributed by atoms with Crippen LogP contribution in [0.4, 0.5) is 0 Å². The van der Waals surface area contributed by atoms with Crippen LogP contribution in [0.3, 0.4) is 0 Å². The molecule has 0 spiro atoms. The summed E-state index contributed by atoms with van der Waals surface area (Å²) in [5.41, 5.74) is 0.189. The predicted molar refractivity (Wildman–Crippen MR) is 147 cm³/mol. The Hall–Kier alpha value is -1.51. The van der Waals surface area contributed by atoms with E-state index in [1.807, 2.05) is 0 Å². The van der Waals surface area contributed by atoms with Crippen LogP contribution < -0.4 is 0 Å². The van der Waals surface area contributed by atoms with E-state index in [9.17, 15) is 19.2 Å². The van der Waals surface area contributed by atoms with Gasteiger partial charge in [-0.05, 0) is 19.1 Å². The third-order valence-electron chi connectivity index (χ3n) is 7.22. The maximum Gasteiger partial charge on any atom is 0.275 e. The van der Waals surface area contributed by atoms with Crippen LogP contribution in [0, 0.1) is 11.8 Å². The number of halogens is 7. The number of hydrogen-bond donors (Lipinski definition) is 0. The van der Waals surface area contributed by atoms with Crippen molar-refractivity contribution in [3.8, 4) is 0 Å². The number of imide groups is 1. The lowest BCUT2D eigenvalue weighted by molar-refractivity contribution is -0.157. The Morgan fingerprint density at radius 1 is 0.816 bits per heavy atom. The highest BCUT2D eigenvalue weighted by Gasteiger charge is 2.88. The van der Waals surface area contributed by atoms with Crippen LogP contribution in [0.25, 0.3) is 0 Å². The molecule has 13 heteroatoms. The van der Waals surface area contributed by atoms with Crippen LogP contribution in [-0.2, 0) is 9.59 Å². The number of alkyl halides is 4. The molecule has 0 N–H and O–H groups in total. The van der Waals surface area contributed by atoms with Crippen LogP contribution in [-0.4, -0.2) is 53.6 Å². The van der Waals surface area contributed by atoms with Crippen LogP contribution in [0.1, 0.15) is 27.6 Å². The van der Waals surface area contributed by atoms with E-state index in [-0.39, 0.29) is 26.2 Å². The standard InChI is InChI=1S/C25H15Cl7N2O4/c1-11(17(35)12-7-3-2-4-8-12)33(20(36)13-9-5-6-10-14(13)26)34-21(37)15-16(22(34)38)24(30)19(28)18(27)23(15,29)25(24,31)32/h2-11,15-16H,1H3/t11-,15+,16+,23-,24-/m1/s1. The molecule has 6 nitrogen and oxygen atoms in total. The number of fused-ring (bicyclic) bond motifs is 5. The van der Waals surface area contributed by atoms with Gasteiger partial charge in [0.1, 0.15) is 15.8 Å². The molecule has 1 saturated carbocycles. The highest BCUT2D eigenvalue weighted by molar-refractivity contribution is 6.66. The molecule has 2 aromatic carbocycles. The first-order valence-electron chi connectivity index (χ1n) is 11.1. The summed E-state index contributed by atoms with van der Waals surface area (Å²) in [6, 6.07) is 12.7. The summed E-state index contributed by atoms with van der Waals surface area (Å²) in [6.07, 6.45) is 0. The number of Topliss-reactive ketones (excluding diaryl/α,β-unsaturated/α-hetero) is 1. The number of rotatable bonds is 5. The molecular weight excluding hydrogens is 640 g/mol. The second-order valence-electron chi connectivity index (χ2n) is 9.11. The molecule has 1 heterocycles. The zero-order valence-corrected chi connectivity index (χ0v) is 24.4. The average molecular weight is 656 g/mol. The molecule has 1 aliphatic heterocycles. The van der Waals surface area contributed by atoms with Crippen molar-refractivity contribution in [1.29, 1.82) is 0 Å². The highest BCUT2D eigenvalue weighted by atomic mass is 35.5. The summed E-state index contributed by atoms with van der Waals surface area (Å²) in [6.45, 7) is 1.38. The number of hydrogen-bond acceptors (Lipinski definition) is 4. The zero-order valence-electron chi connectivity index (χ0n) is 19.1. The third-order valence-corrected chi connectivity index (χ3v) is 11.8. The molecule has 3 aliphatic rings. The highest BCUT2D eigenvalue weighted by Crippen LogP contribution is 2.77. The summed E-state index contributed by atoms with van der Waals surface area (Å²) in [5, 5.41) is 0.802. The van der Waals surface area contributed by atoms with Crippen LogP contribution in [0.2, 0.25) is 5.02 Å². The van der Waals surface area contributed by atoms with Gasteiger partial charge in [-0.15, -0.1) is 23.2 Å². The minimum atomic E-state index is -2.15. The predicted octanol–water partition coefficient (Wildman–Crippen LogP) is 6.42. The average Bonchev–Trinajstić information content (AvgIpc) is 3.28. The van der Waals surface area contributed by atoms with Crippen molar-refractivity contribution in [3.63, 3.8) is 0 Å². The number of nitrogens with zero attached hydrogens (tertiary/aromatic N) is 2. The van der Waals surface area contributed by atoms with Gasteiger partial charge in [0.2, 0.25) is 0 Å². The first kappa shape index (κ1) is 28.0. The van der Waals surface area contributed by atoms with Crippen molar-refractivity contribution in [1.82, 2.24) is 10.0 Å². The molecule has 2 aliphatic carbocycles. The molecular formula is C25H15Cl7N2O4. The number of benzene rings is 2. The quantitative estimate of drug-likeness (QED) is 0.212. The Bertz CT molecular complexity index is 1400. The fourth-order valence-corrected chi connectivity index (χ4v) is 8.49. The monoisotopic (exact) mass is 652 g/mol. The molecule has 0 unspecified atom stereocenters. The molecule has 0 aromatic heterocycles. The number of allylic oxidation sites excluding steroid dienone is 2. The lowest BCUT2D eigenvalue weighted by Gasteiger charge is -2.38. The van der Waals surface area contributed by atoms with E-state index in [4.69, 9.17) is 81.2 Å². The third kappa shape index (κ3) is 3.35. The van der Waals surface area contributed by atoms with Crippen molar-refractivity contribution in [2.75, 3.05) is 0 Å². The van der Waals surface area contributed by atoms with Gasteiger partial charge >= 0.3 is 0 Å². The maximum atomic E-state index is 14.0. The van der Waals surface area contributed by atoms with Gasteiger partial charge in [0.05, 0.1) is 32.5 Å². The number of amides is 3. The Kier molecular flexibility index (Phi) is 6.84. The summed E-state index contributed by atoms with van der Waals surface area (Å²) < 4.78 is -2.15. The number of carbonyl (C=O) groups is 4. The Balaban J connectivity index is 1.65. The molecule has 5 rings (SSSR count). The second-order valence-corrected chi connectivity index (χ2v) is 12.8. The Morgan fingerprint density at radius 2 is 1.29 bits per heavy atom. The van der Waals surface area contributed by atoms with Crippen molar-refractivity contribution >= 4 is 105 Å². The summed E-state index contributed by atoms with van der Waals surface area (Å²) in [5.74, 6) is -6.36. The van der Waals surface area contributed by atoms with Gasteiger partial charge in [-0.3, -0.25) is 19.2 Å². The van der Waals surface area contributed by atoms with E-state index in [2.05, 4.69) is 0 Å². The van der Waals surface area contributed by atoms with Crippen molar-refractivity contribution in [2.45, 2.75) is 27.0 Å². The van der Waals surface area contributed by atoms with E-state index in [1.54, 1.807) is 42.5 Å². The topological polar surface area (TPSA) is 74.8 Å². The zero-order chi connectivity index (χ0) is 27.9. The van der Waals surface area contributed by atoms with E-state index in [1.165, 1.54) is 19.1 Å². The maximum absolute atomic E-state index is 14.0. The van der Waals surface area contributed by atoms with Crippen LogP contribution in [0.15, 0.2) is 64.7 Å². The van der Waals surface area contributed by atoms with E-state index in [0.29, 0.717) is 5.01 Å². The van der Waals surface area contributed by atoms with Gasteiger partial charge in [-0.25, -0.2) is 5.01 Å². The largest absolute Gasteiger partial charge is 0.292 e. The molecule has 2 bridgehead atoms. The SMILES string of the molecule is C[C@H](C(=O)c1ccccc1)N(C(=O)c1ccccc1Cl)N1C(=O)[C@@H]2[C@@H](C1=O)[C@@]1(Cl)C(Cl)=C(Cl)[C@@]2(Cl)C1(Cl)Cl. The minimum absolute atomic E-state index is 0.0390. The fraction of sp³-hybridized carbons (Fsp3) is 0.280. The fourth-order valence-electron chi connectivity index (χ4n) is 5.35. The van der Waals surface area contributed by atoms with Gasteiger partial charge in [0, 0.05) is 5.56 Å². The Labute approximate surface area is 252 Å². The van der Waals surface area contributed by atoms with Gasteiger partial charge < -0.3 is 0 Å².